The van der Waals surface area contributed by atoms with E-state index in [-0.39, 0.29) is 17.5 Å². The molecule has 0 saturated heterocycles. The molecule has 0 aliphatic heterocycles. The van der Waals surface area contributed by atoms with E-state index in [9.17, 15) is 15.0 Å². The van der Waals surface area contributed by atoms with E-state index in [2.05, 4.69) is 5.32 Å². The van der Waals surface area contributed by atoms with E-state index in [1.807, 2.05) is 13.8 Å². The van der Waals surface area contributed by atoms with Crippen molar-refractivity contribution in [1.29, 1.82) is 0 Å². The minimum absolute atomic E-state index is 0.0759. The fourth-order valence-electron chi connectivity index (χ4n) is 1.78. The van der Waals surface area contributed by atoms with Crippen LogP contribution in [0.15, 0.2) is 18.2 Å². The fourth-order valence-corrected chi connectivity index (χ4v) is 1.78. The maximum atomic E-state index is 11.7. The van der Waals surface area contributed by atoms with Gasteiger partial charge in [0.15, 0.2) is 0 Å². The number of rotatable bonds is 5. The Hall–Kier alpha value is -1.75. The summed E-state index contributed by atoms with van der Waals surface area (Å²) in [6.07, 6.45) is 0.827. The molecule has 1 rings (SSSR count). The lowest BCUT2D eigenvalue weighted by molar-refractivity contribution is -0.124. The minimum Gasteiger partial charge on any atom is -0.508 e. The zero-order valence-electron chi connectivity index (χ0n) is 10.9. The number of aromatic hydroxyl groups is 2. The van der Waals surface area contributed by atoms with E-state index in [4.69, 9.17) is 5.73 Å². The van der Waals surface area contributed by atoms with Crippen molar-refractivity contribution in [3.8, 4) is 11.5 Å². The molecular weight excluding hydrogens is 232 g/mol. The van der Waals surface area contributed by atoms with Gasteiger partial charge in [-0.1, -0.05) is 6.92 Å². The van der Waals surface area contributed by atoms with Gasteiger partial charge >= 0.3 is 0 Å². The van der Waals surface area contributed by atoms with Gasteiger partial charge in [0, 0.05) is 12.1 Å². The Kier molecular flexibility index (Phi) is 4.19. The van der Waals surface area contributed by atoms with Gasteiger partial charge in [-0.2, -0.15) is 0 Å². The third-order valence-electron chi connectivity index (χ3n) is 3.12. The molecule has 1 aromatic rings. The molecule has 2 unspecified atom stereocenters. The molecule has 5 N–H and O–H groups in total. The second-order valence-electron chi connectivity index (χ2n) is 4.68. The van der Waals surface area contributed by atoms with Crippen LogP contribution < -0.4 is 11.1 Å². The van der Waals surface area contributed by atoms with Crippen LogP contribution in [0.3, 0.4) is 0 Å². The Morgan fingerprint density at radius 1 is 1.39 bits per heavy atom. The van der Waals surface area contributed by atoms with Crippen molar-refractivity contribution in [2.75, 3.05) is 0 Å². The van der Waals surface area contributed by atoms with Crippen molar-refractivity contribution in [3.63, 3.8) is 0 Å². The highest BCUT2D eigenvalue weighted by atomic mass is 16.3. The molecule has 5 heteroatoms. The summed E-state index contributed by atoms with van der Waals surface area (Å²) >= 11 is 0. The molecule has 0 aliphatic rings. The first kappa shape index (κ1) is 14.3. The molecule has 5 nitrogen and oxygen atoms in total. The number of phenols is 2. The average Bonchev–Trinajstić information content (AvgIpc) is 2.27. The predicted molar refractivity (Wildman–Crippen MR) is 69.2 cm³/mol. The van der Waals surface area contributed by atoms with Crippen LogP contribution in [0.5, 0.6) is 11.5 Å². The summed E-state index contributed by atoms with van der Waals surface area (Å²) in [7, 11) is 0. The normalized spacial score (nSPS) is 15.9. The molecule has 1 amide bonds. The van der Waals surface area contributed by atoms with Gasteiger partial charge < -0.3 is 15.9 Å². The number of carbonyl (C=O) groups excluding carboxylic acids is 1. The second kappa shape index (κ2) is 5.27. The quantitative estimate of drug-likeness (QED) is 0.633. The number of benzene rings is 1. The maximum absolute atomic E-state index is 11.7. The van der Waals surface area contributed by atoms with Crippen LogP contribution in [0.25, 0.3) is 0 Å². The van der Waals surface area contributed by atoms with Gasteiger partial charge in [-0.25, -0.2) is 0 Å². The molecule has 18 heavy (non-hydrogen) atoms. The Bertz CT molecular complexity index is 428. The van der Waals surface area contributed by atoms with Crippen LogP contribution in [0, 0.1) is 0 Å². The predicted octanol–water partition coefficient (Wildman–Crippen LogP) is 1.19. The first-order valence-corrected chi connectivity index (χ1v) is 5.90. The van der Waals surface area contributed by atoms with Crippen molar-refractivity contribution in [2.24, 2.45) is 5.73 Å². The average molecular weight is 252 g/mol. The highest BCUT2D eigenvalue weighted by Gasteiger charge is 2.34. The van der Waals surface area contributed by atoms with Crippen LogP contribution in [0.1, 0.15) is 32.8 Å². The van der Waals surface area contributed by atoms with Crippen LogP contribution in [0.4, 0.5) is 0 Å². The van der Waals surface area contributed by atoms with Crippen LogP contribution in [0.2, 0.25) is 0 Å². The van der Waals surface area contributed by atoms with Gasteiger partial charge in [0.05, 0.1) is 0 Å². The van der Waals surface area contributed by atoms with Gasteiger partial charge in [-0.05, 0) is 38.0 Å². The molecule has 100 valence electrons. The summed E-state index contributed by atoms with van der Waals surface area (Å²) in [6.45, 7) is 5.55. The van der Waals surface area contributed by atoms with Crippen LogP contribution in [-0.4, -0.2) is 22.2 Å². The highest BCUT2D eigenvalue weighted by Crippen LogP contribution is 2.29. The Balaban J connectivity index is 3.22. The molecule has 2 atom stereocenters. The largest absolute Gasteiger partial charge is 0.508 e. The Morgan fingerprint density at radius 2 is 1.89 bits per heavy atom. The van der Waals surface area contributed by atoms with Crippen LogP contribution in [-0.2, 0) is 10.3 Å². The molecular formula is C13H20N2O3. The monoisotopic (exact) mass is 252 g/mol. The van der Waals surface area contributed by atoms with Crippen molar-refractivity contribution < 1.29 is 15.0 Å². The summed E-state index contributed by atoms with van der Waals surface area (Å²) in [5, 5.41) is 22.1. The molecule has 0 radical (unpaired) electrons. The number of amides is 1. The lowest BCUT2D eigenvalue weighted by atomic mass is 9.89. The van der Waals surface area contributed by atoms with Gasteiger partial charge in [-0.15, -0.1) is 0 Å². The zero-order valence-corrected chi connectivity index (χ0v) is 10.9. The SMILES string of the molecule is CCC(C)NC(C)(C(N)=O)c1cc(O)cc(O)c1. The minimum atomic E-state index is -1.13. The van der Waals surface area contributed by atoms with Crippen molar-refractivity contribution in [3.05, 3.63) is 23.8 Å². The van der Waals surface area contributed by atoms with E-state index in [1.54, 1.807) is 6.92 Å². The molecule has 0 saturated carbocycles. The maximum Gasteiger partial charge on any atom is 0.242 e. The van der Waals surface area contributed by atoms with Crippen molar-refractivity contribution in [1.82, 2.24) is 5.32 Å². The summed E-state index contributed by atoms with van der Waals surface area (Å²) in [4.78, 5) is 11.7. The van der Waals surface area contributed by atoms with E-state index < -0.39 is 11.4 Å². The van der Waals surface area contributed by atoms with Crippen molar-refractivity contribution >= 4 is 5.91 Å². The number of phenolic OH excluding ortho intramolecular Hbond substituents is 2. The molecule has 0 spiro atoms. The third-order valence-corrected chi connectivity index (χ3v) is 3.12. The zero-order chi connectivity index (χ0) is 13.9. The van der Waals surface area contributed by atoms with E-state index in [1.165, 1.54) is 18.2 Å². The first-order valence-electron chi connectivity index (χ1n) is 5.90. The number of hydrogen-bond acceptors (Lipinski definition) is 4. The van der Waals surface area contributed by atoms with Gasteiger partial charge in [0.1, 0.15) is 17.0 Å². The number of nitrogens with two attached hydrogens (primary N) is 1. The molecule has 0 heterocycles. The van der Waals surface area contributed by atoms with Gasteiger partial charge in [0.25, 0.3) is 0 Å². The van der Waals surface area contributed by atoms with Crippen LogP contribution >= 0.6 is 0 Å². The lowest BCUT2D eigenvalue weighted by Crippen LogP contribution is -2.53. The molecule has 0 aromatic heterocycles. The number of hydrogen-bond donors (Lipinski definition) is 4. The summed E-state index contributed by atoms with van der Waals surface area (Å²) < 4.78 is 0. The Labute approximate surface area is 107 Å². The van der Waals surface area contributed by atoms with Crippen molar-refractivity contribution in [2.45, 2.75) is 38.8 Å². The number of primary amides is 1. The van der Waals surface area contributed by atoms with E-state index in [0.29, 0.717) is 5.56 Å². The number of carbonyl (C=O) groups is 1. The molecule has 0 aliphatic carbocycles. The molecule has 0 fully saturated rings. The Morgan fingerprint density at radius 3 is 2.28 bits per heavy atom. The lowest BCUT2D eigenvalue weighted by Gasteiger charge is -2.31. The number of nitrogens with one attached hydrogen (secondary N) is 1. The smallest absolute Gasteiger partial charge is 0.242 e. The van der Waals surface area contributed by atoms with E-state index >= 15 is 0 Å². The summed E-state index contributed by atoms with van der Waals surface area (Å²) in [5.41, 5.74) is 4.75. The highest BCUT2D eigenvalue weighted by molar-refractivity contribution is 5.86. The fraction of sp³-hybridized carbons (Fsp3) is 0.462. The van der Waals surface area contributed by atoms with E-state index in [0.717, 1.165) is 6.42 Å². The third kappa shape index (κ3) is 2.92. The molecule has 1 aromatic carbocycles. The van der Waals surface area contributed by atoms with Gasteiger partial charge in [0.2, 0.25) is 5.91 Å². The first-order chi connectivity index (χ1) is 8.29. The molecule has 0 bridgehead atoms. The standard InChI is InChI=1S/C13H20N2O3/c1-4-8(2)15-13(3,12(14)18)9-5-10(16)7-11(17)6-9/h5-8,15-17H,4H2,1-3H3,(H2,14,18). The summed E-state index contributed by atoms with van der Waals surface area (Å²) in [6, 6.07) is 4.11. The summed E-state index contributed by atoms with van der Waals surface area (Å²) in [5.74, 6) is -0.778. The van der Waals surface area contributed by atoms with Gasteiger partial charge in [-0.3, -0.25) is 10.1 Å². The topological polar surface area (TPSA) is 95.6 Å². The second-order valence-corrected chi connectivity index (χ2v) is 4.68.